The summed E-state index contributed by atoms with van der Waals surface area (Å²) < 4.78 is 11.8. The Balaban J connectivity index is 1.22. The van der Waals surface area contributed by atoms with Crippen LogP contribution in [0.2, 0.25) is 10.0 Å². The molecule has 4 aromatic rings. The van der Waals surface area contributed by atoms with Crippen molar-refractivity contribution in [1.29, 1.82) is 0 Å². The van der Waals surface area contributed by atoms with Gasteiger partial charge in [0, 0.05) is 16.0 Å². The van der Waals surface area contributed by atoms with Crippen molar-refractivity contribution in [3.63, 3.8) is 0 Å². The van der Waals surface area contributed by atoms with Gasteiger partial charge in [-0.3, -0.25) is 4.79 Å². The third kappa shape index (κ3) is 6.32. The van der Waals surface area contributed by atoms with Gasteiger partial charge in [-0.1, -0.05) is 65.7 Å². The van der Waals surface area contributed by atoms with Crippen LogP contribution < -0.4 is 9.47 Å². The lowest BCUT2D eigenvalue weighted by atomic mass is 9.77. The lowest BCUT2D eigenvalue weighted by Gasteiger charge is -2.29. The van der Waals surface area contributed by atoms with Gasteiger partial charge in [0.1, 0.15) is 17.2 Å². The number of rotatable bonds is 7. The van der Waals surface area contributed by atoms with Crippen LogP contribution in [0.1, 0.15) is 36.4 Å². The number of ether oxygens (including phenoxy) is 2. The normalized spacial score (nSPS) is 19.0. The Labute approximate surface area is 249 Å². The molecule has 2 unspecified atom stereocenters. The average Bonchev–Trinajstić information content (AvgIpc) is 3.40. The zero-order valence-electron chi connectivity index (χ0n) is 22.3. The fourth-order valence-corrected chi connectivity index (χ4v) is 5.65. The van der Waals surface area contributed by atoms with E-state index in [1.165, 1.54) is 0 Å². The molecule has 1 fully saturated rings. The van der Waals surface area contributed by atoms with E-state index in [9.17, 15) is 4.79 Å². The number of carbonyl (C=O) groups is 1. The molecule has 0 radical (unpaired) electrons. The smallest absolute Gasteiger partial charge is 0.281 e. The summed E-state index contributed by atoms with van der Waals surface area (Å²) in [7, 11) is 0. The topological polar surface area (TPSA) is 51.1 Å². The van der Waals surface area contributed by atoms with Gasteiger partial charge in [-0.05, 0) is 103 Å². The van der Waals surface area contributed by atoms with E-state index in [4.69, 9.17) is 37.8 Å². The van der Waals surface area contributed by atoms with Gasteiger partial charge in [0.15, 0.2) is 6.61 Å². The van der Waals surface area contributed by atoms with E-state index in [2.05, 4.69) is 6.08 Å². The van der Waals surface area contributed by atoms with Crippen LogP contribution >= 0.6 is 23.2 Å². The third-order valence-corrected chi connectivity index (χ3v) is 7.85. The third-order valence-electron chi connectivity index (χ3n) is 7.34. The summed E-state index contributed by atoms with van der Waals surface area (Å²) in [4.78, 5) is 13.6. The van der Waals surface area contributed by atoms with Gasteiger partial charge in [0.05, 0.1) is 11.8 Å². The number of benzene rings is 4. The van der Waals surface area contributed by atoms with Crippen LogP contribution in [-0.2, 0) is 4.79 Å². The lowest BCUT2D eigenvalue weighted by molar-refractivity contribution is -0.135. The molecule has 1 heterocycles. The first kappa shape index (κ1) is 27.1. The summed E-state index contributed by atoms with van der Waals surface area (Å²) in [5.41, 5.74) is 4.17. The number of hydrazone groups is 1. The Hall–Kier alpha value is -4.06. The minimum absolute atomic E-state index is 0.0850. The molecule has 0 bridgehead atoms. The Kier molecular flexibility index (Phi) is 8.08. The van der Waals surface area contributed by atoms with Crippen molar-refractivity contribution < 1.29 is 14.3 Å². The van der Waals surface area contributed by atoms with Crippen LogP contribution in [-0.4, -0.2) is 23.2 Å². The molecule has 4 aromatic carbocycles. The second-order valence-electron chi connectivity index (χ2n) is 10.1. The molecule has 0 aromatic heterocycles. The molecule has 2 aliphatic rings. The van der Waals surface area contributed by atoms with Crippen molar-refractivity contribution in [3.05, 3.63) is 130 Å². The Morgan fingerprint density at radius 2 is 1.46 bits per heavy atom. The first-order chi connectivity index (χ1) is 20.0. The molecule has 5 nitrogen and oxygen atoms in total. The van der Waals surface area contributed by atoms with Crippen molar-refractivity contribution in [2.75, 3.05) is 6.61 Å². The van der Waals surface area contributed by atoms with E-state index in [1.807, 2.05) is 91.0 Å². The number of para-hydroxylation sites is 1. The van der Waals surface area contributed by atoms with Crippen molar-refractivity contribution in [2.24, 2.45) is 11.0 Å². The minimum Gasteiger partial charge on any atom is -0.484 e. The molecule has 6 rings (SSSR count). The molecule has 41 heavy (non-hydrogen) atoms. The molecule has 1 aliphatic carbocycles. The van der Waals surface area contributed by atoms with Crippen molar-refractivity contribution >= 4 is 40.9 Å². The number of allylic oxidation sites excluding steroid dienone is 1. The summed E-state index contributed by atoms with van der Waals surface area (Å²) in [5, 5.41) is 7.89. The van der Waals surface area contributed by atoms with Crippen molar-refractivity contribution in [2.45, 2.75) is 25.3 Å². The van der Waals surface area contributed by atoms with Crippen molar-refractivity contribution in [1.82, 2.24) is 5.01 Å². The maximum absolute atomic E-state index is 13.6. The molecule has 206 valence electrons. The highest BCUT2D eigenvalue weighted by atomic mass is 35.5. The standard InChI is InChI=1S/C34H28Cl2N2O3/c35-26-13-9-23(10-14-26)21-25-5-4-8-31-33(25)37-38(34(31)24-11-15-27(36)16-12-24)32(39)22-40-28-17-19-30(20-18-28)41-29-6-2-1-3-7-29/h1-3,6-7,9-21,31,34H,4-5,8,22H2/b25-21+. The number of fused-ring (bicyclic) bond motifs is 1. The summed E-state index contributed by atoms with van der Waals surface area (Å²) in [6, 6.07) is 32.0. The van der Waals surface area contributed by atoms with Gasteiger partial charge in [-0.2, -0.15) is 5.10 Å². The SMILES string of the molecule is O=C(COc1ccc(Oc2ccccc2)cc1)N1N=C2/C(=C/c3ccc(Cl)cc3)CCCC2C1c1ccc(Cl)cc1. The Bertz CT molecular complexity index is 1570. The maximum Gasteiger partial charge on any atom is 0.281 e. The monoisotopic (exact) mass is 582 g/mol. The highest BCUT2D eigenvalue weighted by molar-refractivity contribution is 6.30. The van der Waals surface area contributed by atoms with Crippen LogP contribution in [0.5, 0.6) is 17.2 Å². The second kappa shape index (κ2) is 12.2. The van der Waals surface area contributed by atoms with Gasteiger partial charge < -0.3 is 9.47 Å². The number of halogens is 2. The summed E-state index contributed by atoms with van der Waals surface area (Å²) in [6.07, 6.45) is 5.02. The van der Waals surface area contributed by atoms with Crippen LogP contribution in [0.4, 0.5) is 0 Å². The Morgan fingerprint density at radius 3 is 2.17 bits per heavy atom. The van der Waals surface area contributed by atoms with Crippen LogP contribution in [0.25, 0.3) is 6.08 Å². The van der Waals surface area contributed by atoms with E-state index in [1.54, 1.807) is 17.1 Å². The molecule has 0 saturated heterocycles. The zero-order chi connectivity index (χ0) is 28.2. The molecule has 0 N–H and O–H groups in total. The number of hydrogen-bond donors (Lipinski definition) is 0. The van der Waals surface area contributed by atoms with Gasteiger partial charge >= 0.3 is 0 Å². The predicted octanol–water partition coefficient (Wildman–Crippen LogP) is 8.99. The zero-order valence-corrected chi connectivity index (χ0v) is 23.8. The van der Waals surface area contributed by atoms with Crippen LogP contribution in [0.15, 0.2) is 114 Å². The van der Waals surface area contributed by atoms with Gasteiger partial charge in [-0.15, -0.1) is 0 Å². The molecule has 7 heteroatoms. The fourth-order valence-electron chi connectivity index (χ4n) is 5.40. The van der Waals surface area contributed by atoms with Crippen molar-refractivity contribution in [3.8, 4) is 17.2 Å². The molecule has 0 spiro atoms. The predicted molar refractivity (Wildman–Crippen MR) is 164 cm³/mol. The minimum atomic E-state index is -0.228. The number of hydrogen-bond acceptors (Lipinski definition) is 4. The average molecular weight is 584 g/mol. The number of nitrogens with zero attached hydrogens (tertiary/aromatic N) is 2. The Morgan fingerprint density at radius 1 is 0.829 bits per heavy atom. The molecule has 1 amide bonds. The van der Waals surface area contributed by atoms with E-state index >= 15 is 0 Å². The highest BCUT2D eigenvalue weighted by Gasteiger charge is 2.43. The van der Waals surface area contributed by atoms with Crippen LogP contribution in [0.3, 0.4) is 0 Å². The van der Waals surface area contributed by atoms with Gasteiger partial charge in [0.2, 0.25) is 0 Å². The van der Waals surface area contributed by atoms with Gasteiger partial charge in [-0.25, -0.2) is 5.01 Å². The quantitative estimate of drug-likeness (QED) is 0.218. The lowest BCUT2D eigenvalue weighted by Crippen LogP contribution is -2.34. The molecule has 1 saturated carbocycles. The van der Waals surface area contributed by atoms with E-state index in [0.29, 0.717) is 21.5 Å². The maximum atomic E-state index is 13.6. The molecule has 2 atom stereocenters. The first-order valence-corrected chi connectivity index (χ1v) is 14.4. The summed E-state index contributed by atoms with van der Waals surface area (Å²) >= 11 is 12.3. The number of carbonyl (C=O) groups excluding carboxylic acids is 1. The van der Waals surface area contributed by atoms with E-state index in [0.717, 1.165) is 47.4 Å². The van der Waals surface area contributed by atoms with Crippen LogP contribution in [0, 0.1) is 5.92 Å². The van der Waals surface area contributed by atoms with Gasteiger partial charge in [0.25, 0.3) is 5.91 Å². The van der Waals surface area contributed by atoms with E-state index < -0.39 is 0 Å². The summed E-state index contributed by atoms with van der Waals surface area (Å²) in [6.45, 7) is -0.136. The second-order valence-corrected chi connectivity index (χ2v) is 11.0. The molecular weight excluding hydrogens is 555 g/mol. The summed E-state index contributed by atoms with van der Waals surface area (Å²) in [5.74, 6) is 1.90. The highest BCUT2D eigenvalue weighted by Crippen LogP contribution is 2.44. The fraction of sp³-hybridized carbons (Fsp3) is 0.176. The molecular formula is C34H28Cl2N2O3. The van der Waals surface area contributed by atoms with E-state index in [-0.39, 0.29) is 24.5 Å². The molecule has 1 aliphatic heterocycles. The number of amides is 1. The largest absolute Gasteiger partial charge is 0.484 e. The first-order valence-electron chi connectivity index (χ1n) is 13.6.